The molecule has 0 amide bonds. The smallest absolute Gasteiger partial charge is 0.416 e. The summed E-state index contributed by atoms with van der Waals surface area (Å²) in [6.07, 6.45) is -2.73. The summed E-state index contributed by atoms with van der Waals surface area (Å²) < 4.78 is 48.5. The number of halogens is 3. The molecule has 0 fully saturated rings. The number of methoxy groups -OCH3 is 1. The van der Waals surface area contributed by atoms with Gasteiger partial charge in [-0.15, -0.1) is 0 Å². The van der Waals surface area contributed by atoms with Gasteiger partial charge in [-0.1, -0.05) is 12.1 Å². The topological polar surface area (TPSA) is 38.5 Å². The van der Waals surface area contributed by atoms with Gasteiger partial charge in [-0.2, -0.15) is 13.2 Å². The first-order valence-electron chi connectivity index (χ1n) is 8.28. The van der Waals surface area contributed by atoms with E-state index in [0.717, 1.165) is 34.7 Å². The zero-order valence-electron chi connectivity index (χ0n) is 15.0. The summed E-state index contributed by atoms with van der Waals surface area (Å²) in [6.45, 7) is 1.02. The van der Waals surface area contributed by atoms with Gasteiger partial charge in [-0.05, 0) is 49.0 Å². The molecular weight excluding hydrogens is 357 g/mol. The molecule has 2 aromatic carbocycles. The van der Waals surface area contributed by atoms with Crippen molar-refractivity contribution in [3.05, 3.63) is 71.6 Å². The number of nitrogens with zero attached hydrogens (tertiary/aromatic N) is 2. The molecule has 1 heterocycles. The van der Waals surface area contributed by atoms with E-state index in [1.54, 1.807) is 13.4 Å². The predicted octanol–water partition coefficient (Wildman–Crippen LogP) is 5.00. The van der Waals surface area contributed by atoms with Gasteiger partial charge in [0.2, 0.25) is 5.89 Å². The third-order valence-corrected chi connectivity index (χ3v) is 4.05. The highest BCUT2D eigenvalue weighted by Crippen LogP contribution is 2.29. The third-order valence-electron chi connectivity index (χ3n) is 4.05. The SMILES string of the molecule is COc1ccc(-c2nc(CN(C)Cc3ccc(C(F)(F)F)cc3)co2)cc1. The Hall–Kier alpha value is -2.80. The molecule has 0 unspecified atom stereocenters. The number of rotatable bonds is 6. The minimum Gasteiger partial charge on any atom is -0.497 e. The summed E-state index contributed by atoms with van der Waals surface area (Å²) in [5.74, 6) is 1.26. The average molecular weight is 376 g/mol. The predicted molar refractivity (Wildman–Crippen MR) is 95.1 cm³/mol. The fourth-order valence-electron chi connectivity index (χ4n) is 2.69. The van der Waals surface area contributed by atoms with E-state index in [4.69, 9.17) is 9.15 Å². The monoisotopic (exact) mass is 376 g/mol. The van der Waals surface area contributed by atoms with Crippen molar-refractivity contribution >= 4 is 0 Å². The second-order valence-corrected chi connectivity index (χ2v) is 6.24. The molecule has 0 bridgehead atoms. The molecule has 0 atom stereocenters. The molecule has 27 heavy (non-hydrogen) atoms. The Morgan fingerprint density at radius 2 is 1.67 bits per heavy atom. The molecule has 0 aliphatic rings. The maximum Gasteiger partial charge on any atom is 0.416 e. The minimum absolute atomic E-state index is 0.503. The van der Waals surface area contributed by atoms with Crippen LogP contribution in [0.15, 0.2) is 59.2 Å². The van der Waals surface area contributed by atoms with Crippen LogP contribution in [0.1, 0.15) is 16.8 Å². The molecule has 0 aliphatic heterocycles. The minimum atomic E-state index is -4.32. The Balaban J connectivity index is 1.61. The lowest BCUT2D eigenvalue weighted by Gasteiger charge is -2.15. The quantitative estimate of drug-likeness (QED) is 0.607. The molecule has 1 aromatic heterocycles. The summed E-state index contributed by atoms with van der Waals surface area (Å²) in [7, 11) is 3.48. The molecular formula is C20H19F3N2O2. The van der Waals surface area contributed by atoms with E-state index in [9.17, 15) is 13.2 Å². The van der Waals surface area contributed by atoms with Crippen molar-refractivity contribution in [3.63, 3.8) is 0 Å². The standard InChI is InChI=1S/C20H19F3N2O2/c1-25(11-14-3-7-16(8-4-14)20(21,22)23)12-17-13-27-19(24-17)15-5-9-18(26-2)10-6-15/h3-10,13H,11-12H2,1-2H3. The van der Waals surface area contributed by atoms with Crippen molar-refractivity contribution in [1.29, 1.82) is 0 Å². The van der Waals surface area contributed by atoms with E-state index in [0.29, 0.717) is 19.0 Å². The maximum atomic E-state index is 12.6. The number of alkyl halides is 3. The molecule has 0 N–H and O–H groups in total. The van der Waals surface area contributed by atoms with Crippen LogP contribution >= 0.6 is 0 Å². The summed E-state index contributed by atoms with van der Waals surface area (Å²) >= 11 is 0. The Morgan fingerprint density at radius 3 is 2.26 bits per heavy atom. The van der Waals surface area contributed by atoms with E-state index in [2.05, 4.69) is 4.98 Å². The highest BCUT2D eigenvalue weighted by atomic mass is 19.4. The van der Waals surface area contributed by atoms with Crippen molar-refractivity contribution in [2.75, 3.05) is 14.2 Å². The van der Waals surface area contributed by atoms with Crippen LogP contribution in [-0.2, 0) is 19.3 Å². The number of oxazole rings is 1. The lowest BCUT2D eigenvalue weighted by atomic mass is 10.1. The van der Waals surface area contributed by atoms with Gasteiger partial charge < -0.3 is 9.15 Å². The van der Waals surface area contributed by atoms with Crippen LogP contribution in [0.5, 0.6) is 5.75 Å². The summed E-state index contributed by atoms with van der Waals surface area (Å²) in [5.41, 5.74) is 1.74. The zero-order valence-corrected chi connectivity index (χ0v) is 15.0. The zero-order chi connectivity index (χ0) is 19.4. The summed E-state index contributed by atoms with van der Waals surface area (Å²) in [6, 6.07) is 12.6. The van der Waals surface area contributed by atoms with Gasteiger partial charge in [-0.25, -0.2) is 4.98 Å². The lowest BCUT2D eigenvalue weighted by Crippen LogP contribution is -2.17. The van der Waals surface area contributed by atoms with Crippen LogP contribution in [0.4, 0.5) is 13.2 Å². The van der Waals surface area contributed by atoms with Crippen LogP contribution in [0.3, 0.4) is 0 Å². The van der Waals surface area contributed by atoms with Crippen LogP contribution in [-0.4, -0.2) is 24.0 Å². The van der Waals surface area contributed by atoms with Gasteiger partial charge in [-0.3, -0.25) is 4.90 Å². The molecule has 0 aliphatic carbocycles. The fourth-order valence-corrected chi connectivity index (χ4v) is 2.69. The Morgan fingerprint density at radius 1 is 1.00 bits per heavy atom. The van der Waals surface area contributed by atoms with Gasteiger partial charge in [0.25, 0.3) is 0 Å². The number of ether oxygens (including phenoxy) is 1. The molecule has 0 spiro atoms. The first kappa shape index (κ1) is 19.0. The largest absolute Gasteiger partial charge is 0.497 e. The van der Waals surface area contributed by atoms with E-state index in [-0.39, 0.29) is 0 Å². The second-order valence-electron chi connectivity index (χ2n) is 6.24. The van der Waals surface area contributed by atoms with Crippen molar-refractivity contribution < 1.29 is 22.3 Å². The maximum absolute atomic E-state index is 12.6. The molecule has 0 saturated carbocycles. The second kappa shape index (κ2) is 7.84. The Kier molecular flexibility index (Phi) is 5.51. The molecule has 142 valence electrons. The number of hydrogen-bond donors (Lipinski definition) is 0. The summed E-state index contributed by atoms with van der Waals surface area (Å²) in [4.78, 5) is 6.42. The van der Waals surface area contributed by atoms with Crippen molar-refractivity contribution in [3.8, 4) is 17.2 Å². The van der Waals surface area contributed by atoms with Crippen LogP contribution in [0, 0.1) is 0 Å². The van der Waals surface area contributed by atoms with Crippen LogP contribution < -0.4 is 4.74 Å². The normalized spacial score (nSPS) is 11.8. The van der Waals surface area contributed by atoms with E-state index < -0.39 is 11.7 Å². The lowest BCUT2D eigenvalue weighted by molar-refractivity contribution is -0.137. The average Bonchev–Trinajstić information content (AvgIpc) is 3.09. The van der Waals surface area contributed by atoms with E-state index >= 15 is 0 Å². The Labute approximate surface area is 155 Å². The van der Waals surface area contributed by atoms with Gasteiger partial charge in [0.05, 0.1) is 18.4 Å². The van der Waals surface area contributed by atoms with Crippen LogP contribution in [0.2, 0.25) is 0 Å². The third kappa shape index (κ3) is 4.89. The van der Waals surface area contributed by atoms with Gasteiger partial charge >= 0.3 is 6.18 Å². The first-order valence-corrected chi connectivity index (χ1v) is 8.28. The van der Waals surface area contributed by atoms with Gasteiger partial charge in [0.1, 0.15) is 12.0 Å². The van der Waals surface area contributed by atoms with Gasteiger partial charge in [0.15, 0.2) is 0 Å². The molecule has 3 aromatic rings. The van der Waals surface area contributed by atoms with Crippen LogP contribution in [0.25, 0.3) is 11.5 Å². The molecule has 0 saturated heterocycles. The van der Waals surface area contributed by atoms with E-state index in [1.807, 2.05) is 36.2 Å². The highest BCUT2D eigenvalue weighted by Gasteiger charge is 2.29. The molecule has 3 rings (SSSR count). The number of benzene rings is 2. The molecule has 7 heteroatoms. The number of aromatic nitrogens is 1. The number of hydrogen-bond acceptors (Lipinski definition) is 4. The Bertz CT molecular complexity index is 871. The van der Waals surface area contributed by atoms with Crippen molar-refractivity contribution in [2.24, 2.45) is 0 Å². The van der Waals surface area contributed by atoms with Gasteiger partial charge in [0, 0.05) is 18.7 Å². The fraction of sp³-hybridized carbons (Fsp3) is 0.250. The first-order chi connectivity index (χ1) is 12.8. The highest BCUT2D eigenvalue weighted by molar-refractivity contribution is 5.54. The van der Waals surface area contributed by atoms with E-state index in [1.165, 1.54) is 12.1 Å². The molecule has 4 nitrogen and oxygen atoms in total. The summed E-state index contributed by atoms with van der Waals surface area (Å²) in [5, 5.41) is 0. The van der Waals surface area contributed by atoms with Crippen molar-refractivity contribution in [2.45, 2.75) is 19.3 Å². The van der Waals surface area contributed by atoms with Crippen molar-refractivity contribution in [1.82, 2.24) is 9.88 Å². The molecule has 0 radical (unpaired) electrons.